The molecule has 0 spiro atoms. The third-order valence-corrected chi connectivity index (χ3v) is 4.90. The highest BCUT2D eigenvalue weighted by molar-refractivity contribution is 7.92. The van der Waals surface area contributed by atoms with E-state index < -0.39 is 26.7 Å². The number of benzene rings is 1. The maximum absolute atomic E-state index is 12.4. The molecule has 2 heterocycles. The lowest BCUT2D eigenvalue weighted by molar-refractivity contribution is -0.113. The number of amides is 1. The van der Waals surface area contributed by atoms with Crippen molar-refractivity contribution in [3.05, 3.63) is 47.3 Å². The molecule has 0 atom stereocenters. The molecule has 0 aliphatic rings. The van der Waals surface area contributed by atoms with Crippen LogP contribution in [0.3, 0.4) is 0 Å². The fraction of sp³-hybridized carbons (Fsp3) is 0.250. The van der Waals surface area contributed by atoms with E-state index in [1.165, 1.54) is 4.52 Å². The second-order valence-corrected chi connectivity index (χ2v) is 7.70. The molecule has 3 rings (SSSR count). The summed E-state index contributed by atoms with van der Waals surface area (Å²) in [6.45, 7) is 5.48. The summed E-state index contributed by atoms with van der Waals surface area (Å²) in [6, 6.07) is 8.83. The lowest BCUT2D eigenvalue weighted by Crippen LogP contribution is -2.23. The average Bonchev–Trinajstić information content (AvgIpc) is 2.94. The minimum Gasteiger partial charge on any atom is -0.325 e. The van der Waals surface area contributed by atoms with Crippen molar-refractivity contribution in [2.24, 2.45) is 0 Å². The molecular formula is C16H17N5O3S. The Hall–Kier alpha value is -2.81. The Morgan fingerprint density at radius 2 is 1.80 bits per heavy atom. The molecule has 2 aromatic heterocycles. The van der Waals surface area contributed by atoms with Gasteiger partial charge in [-0.2, -0.15) is 4.98 Å². The Morgan fingerprint density at radius 1 is 1.12 bits per heavy atom. The van der Waals surface area contributed by atoms with Crippen LogP contribution in [0, 0.1) is 20.8 Å². The smallest absolute Gasteiger partial charge is 0.269 e. The van der Waals surface area contributed by atoms with E-state index in [2.05, 4.69) is 20.4 Å². The number of carbonyl (C=O) groups is 1. The lowest BCUT2D eigenvalue weighted by atomic mass is 10.2. The third-order valence-electron chi connectivity index (χ3n) is 3.53. The summed E-state index contributed by atoms with van der Waals surface area (Å²) in [5.74, 6) is -1.20. The quantitative estimate of drug-likeness (QED) is 0.756. The lowest BCUT2D eigenvalue weighted by Gasteiger charge is -2.05. The number of nitrogens with zero attached hydrogens (tertiary/aromatic N) is 4. The van der Waals surface area contributed by atoms with Crippen molar-refractivity contribution >= 4 is 27.2 Å². The second kappa shape index (κ2) is 6.25. The fourth-order valence-electron chi connectivity index (χ4n) is 2.35. The van der Waals surface area contributed by atoms with E-state index in [4.69, 9.17) is 0 Å². The first kappa shape index (κ1) is 17.0. The van der Waals surface area contributed by atoms with Crippen molar-refractivity contribution in [1.29, 1.82) is 0 Å². The van der Waals surface area contributed by atoms with Crippen LogP contribution >= 0.6 is 0 Å². The van der Waals surface area contributed by atoms with Crippen molar-refractivity contribution in [3.63, 3.8) is 0 Å². The van der Waals surface area contributed by atoms with Gasteiger partial charge < -0.3 is 5.32 Å². The number of hydrogen-bond donors (Lipinski definition) is 1. The maximum atomic E-state index is 12.4. The van der Waals surface area contributed by atoms with Gasteiger partial charge in [-0.1, -0.05) is 17.7 Å². The largest absolute Gasteiger partial charge is 0.325 e. The Morgan fingerprint density at radius 3 is 2.48 bits per heavy atom. The van der Waals surface area contributed by atoms with Gasteiger partial charge >= 0.3 is 0 Å². The molecular weight excluding hydrogens is 342 g/mol. The highest BCUT2D eigenvalue weighted by Gasteiger charge is 2.25. The number of carbonyl (C=O) groups excluding carboxylic acids is 1. The van der Waals surface area contributed by atoms with Crippen LogP contribution in [0.25, 0.3) is 5.78 Å². The van der Waals surface area contributed by atoms with Crippen LogP contribution in [0.4, 0.5) is 5.69 Å². The Kier molecular flexibility index (Phi) is 4.25. The summed E-state index contributed by atoms with van der Waals surface area (Å²) in [4.78, 5) is 20.2. The third kappa shape index (κ3) is 3.66. The van der Waals surface area contributed by atoms with Crippen LogP contribution in [0.5, 0.6) is 0 Å². The first-order valence-corrected chi connectivity index (χ1v) is 9.20. The number of sulfone groups is 1. The zero-order valence-corrected chi connectivity index (χ0v) is 14.8. The predicted molar refractivity (Wildman–Crippen MR) is 92.1 cm³/mol. The first-order valence-electron chi connectivity index (χ1n) is 7.55. The van der Waals surface area contributed by atoms with Gasteiger partial charge in [0.05, 0.1) is 0 Å². The number of aryl methyl sites for hydroxylation is 3. The molecule has 0 unspecified atom stereocenters. The molecule has 1 N–H and O–H groups in total. The van der Waals surface area contributed by atoms with E-state index >= 15 is 0 Å². The van der Waals surface area contributed by atoms with Gasteiger partial charge in [0.15, 0.2) is 0 Å². The minimum absolute atomic E-state index is 0.190. The normalized spacial score (nSPS) is 11.6. The summed E-state index contributed by atoms with van der Waals surface area (Å²) in [5.41, 5.74) is 2.98. The molecule has 8 nitrogen and oxygen atoms in total. The van der Waals surface area contributed by atoms with E-state index in [0.717, 1.165) is 5.56 Å². The summed E-state index contributed by atoms with van der Waals surface area (Å²) < 4.78 is 26.2. The monoisotopic (exact) mass is 359 g/mol. The molecule has 3 aromatic rings. The Labute approximate surface area is 144 Å². The van der Waals surface area contributed by atoms with Gasteiger partial charge in [-0.3, -0.25) is 4.79 Å². The van der Waals surface area contributed by atoms with Crippen LogP contribution in [0.1, 0.15) is 17.0 Å². The van der Waals surface area contributed by atoms with Crippen LogP contribution in [0.15, 0.2) is 35.5 Å². The van der Waals surface area contributed by atoms with Crippen LogP contribution in [-0.4, -0.2) is 39.7 Å². The van der Waals surface area contributed by atoms with Gasteiger partial charge in [0, 0.05) is 17.1 Å². The van der Waals surface area contributed by atoms with Crippen molar-refractivity contribution in [2.45, 2.75) is 25.9 Å². The molecule has 0 aliphatic carbocycles. The zero-order chi connectivity index (χ0) is 18.2. The molecule has 1 aromatic carbocycles. The number of nitrogens with one attached hydrogen (secondary N) is 1. The predicted octanol–water partition coefficient (Wildman–Crippen LogP) is 1.46. The first-order chi connectivity index (χ1) is 11.7. The SMILES string of the molecule is Cc1ccc(NC(=O)CS(=O)(=O)c2nc3nc(C)cc(C)n3n2)cc1. The minimum atomic E-state index is -3.97. The second-order valence-electron chi connectivity index (χ2n) is 5.82. The number of rotatable bonds is 4. The molecule has 130 valence electrons. The summed E-state index contributed by atoms with van der Waals surface area (Å²) >= 11 is 0. The van der Waals surface area contributed by atoms with Crippen LogP contribution in [0.2, 0.25) is 0 Å². The van der Waals surface area contributed by atoms with Crippen molar-refractivity contribution in [1.82, 2.24) is 19.6 Å². The average molecular weight is 359 g/mol. The fourth-order valence-corrected chi connectivity index (χ4v) is 3.32. The molecule has 0 bridgehead atoms. The van der Waals surface area contributed by atoms with E-state index in [1.807, 2.05) is 19.1 Å². The maximum Gasteiger partial charge on any atom is 0.269 e. The van der Waals surface area contributed by atoms with Gasteiger partial charge in [-0.25, -0.2) is 17.9 Å². The van der Waals surface area contributed by atoms with E-state index in [-0.39, 0.29) is 5.78 Å². The Bertz CT molecular complexity index is 1060. The van der Waals surface area contributed by atoms with Crippen molar-refractivity contribution < 1.29 is 13.2 Å². The summed E-state index contributed by atoms with van der Waals surface area (Å²) in [7, 11) is -3.97. The van der Waals surface area contributed by atoms with Gasteiger partial charge in [-0.05, 0) is 39.0 Å². The van der Waals surface area contributed by atoms with Gasteiger partial charge in [0.1, 0.15) is 5.75 Å². The molecule has 1 amide bonds. The van der Waals surface area contributed by atoms with Gasteiger partial charge in [0.2, 0.25) is 15.7 Å². The number of hydrogen-bond acceptors (Lipinski definition) is 6. The summed E-state index contributed by atoms with van der Waals surface area (Å²) in [5, 5.41) is 6.12. The number of fused-ring (bicyclic) bond motifs is 1. The van der Waals surface area contributed by atoms with E-state index in [1.54, 1.807) is 32.0 Å². The standard InChI is InChI=1S/C16H17N5O3S/c1-10-4-6-13(7-5-10)18-14(22)9-25(23,24)16-19-15-17-11(2)8-12(3)21(15)20-16/h4-8H,9H2,1-3H3,(H,18,22). The Balaban J connectivity index is 1.82. The molecule has 0 radical (unpaired) electrons. The molecule has 0 aliphatic heterocycles. The molecule has 0 saturated carbocycles. The number of aromatic nitrogens is 4. The summed E-state index contributed by atoms with van der Waals surface area (Å²) in [6.07, 6.45) is 0. The zero-order valence-electron chi connectivity index (χ0n) is 14.0. The van der Waals surface area contributed by atoms with E-state index in [9.17, 15) is 13.2 Å². The highest BCUT2D eigenvalue weighted by atomic mass is 32.2. The van der Waals surface area contributed by atoms with Gasteiger partial charge in [0.25, 0.3) is 10.9 Å². The topological polar surface area (TPSA) is 106 Å². The van der Waals surface area contributed by atoms with Crippen molar-refractivity contribution in [2.75, 3.05) is 11.1 Å². The number of anilines is 1. The highest BCUT2D eigenvalue weighted by Crippen LogP contribution is 2.12. The molecule has 0 saturated heterocycles. The van der Waals surface area contributed by atoms with Crippen molar-refractivity contribution in [3.8, 4) is 0 Å². The van der Waals surface area contributed by atoms with Gasteiger partial charge in [-0.15, -0.1) is 5.10 Å². The molecule has 25 heavy (non-hydrogen) atoms. The van der Waals surface area contributed by atoms with Crippen LogP contribution < -0.4 is 5.32 Å². The molecule has 0 fully saturated rings. The van der Waals surface area contributed by atoms with Crippen LogP contribution in [-0.2, 0) is 14.6 Å². The van der Waals surface area contributed by atoms with E-state index in [0.29, 0.717) is 17.1 Å². The molecule has 9 heteroatoms.